The molecular weight excluding hydrogens is 287 g/mol. The molecule has 3 rings (SSSR count). The van der Waals surface area contributed by atoms with E-state index < -0.39 is 0 Å². The van der Waals surface area contributed by atoms with E-state index in [0.29, 0.717) is 17.5 Å². The van der Waals surface area contributed by atoms with Crippen LogP contribution in [-0.2, 0) is 13.2 Å². The number of benzene rings is 1. The van der Waals surface area contributed by atoms with E-state index in [9.17, 15) is 9.50 Å². The summed E-state index contributed by atoms with van der Waals surface area (Å²) in [6.07, 6.45) is 6.96. The molecule has 1 fully saturated rings. The van der Waals surface area contributed by atoms with E-state index in [1.165, 1.54) is 37.8 Å². The van der Waals surface area contributed by atoms with E-state index in [1.54, 1.807) is 23.9 Å². The Kier molecular flexibility index (Phi) is 4.60. The number of hydrogen-bond donors (Lipinski definition) is 1. The van der Waals surface area contributed by atoms with Crippen molar-refractivity contribution in [3.05, 3.63) is 47.5 Å². The van der Waals surface area contributed by atoms with Crippen LogP contribution in [0.2, 0.25) is 0 Å². The van der Waals surface area contributed by atoms with Crippen LogP contribution in [0.4, 0.5) is 4.39 Å². The molecule has 5 heteroatoms. The molecule has 112 valence electrons. The lowest BCUT2D eigenvalue weighted by Crippen LogP contribution is -2.03. The second-order valence-electron chi connectivity index (χ2n) is 5.45. The molecule has 1 heterocycles. The summed E-state index contributed by atoms with van der Waals surface area (Å²) in [5.41, 5.74) is 1.73. The Morgan fingerprint density at radius 3 is 2.62 bits per heavy atom. The number of rotatable bonds is 5. The Morgan fingerprint density at radius 2 is 1.95 bits per heavy atom. The molecule has 1 aliphatic rings. The maximum absolute atomic E-state index is 13.0. The van der Waals surface area contributed by atoms with Gasteiger partial charge in [0.05, 0.1) is 12.3 Å². The summed E-state index contributed by atoms with van der Waals surface area (Å²) in [6.45, 7) is 0.608. The highest BCUT2D eigenvalue weighted by atomic mass is 32.2. The lowest BCUT2D eigenvalue weighted by molar-refractivity contribution is 0.277. The fourth-order valence-corrected chi connectivity index (χ4v) is 3.97. The van der Waals surface area contributed by atoms with Gasteiger partial charge in [0, 0.05) is 18.0 Å². The van der Waals surface area contributed by atoms with Gasteiger partial charge in [0.1, 0.15) is 5.82 Å². The number of halogens is 1. The molecule has 0 atom stereocenters. The zero-order chi connectivity index (χ0) is 14.7. The van der Waals surface area contributed by atoms with E-state index in [2.05, 4.69) is 9.55 Å². The fraction of sp³-hybridized carbons (Fsp3) is 0.438. The number of aliphatic hydroxyl groups is 1. The van der Waals surface area contributed by atoms with Gasteiger partial charge in [-0.3, -0.25) is 0 Å². The minimum Gasteiger partial charge on any atom is -0.390 e. The minimum atomic E-state index is -0.221. The highest BCUT2D eigenvalue weighted by molar-refractivity contribution is 7.99. The molecule has 0 spiro atoms. The van der Waals surface area contributed by atoms with Gasteiger partial charge < -0.3 is 9.67 Å². The molecule has 21 heavy (non-hydrogen) atoms. The molecular formula is C16H19FN2OS. The molecule has 1 N–H and O–H groups in total. The Morgan fingerprint density at radius 1 is 1.24 bits per heavy atom. The first kappa shape index (κ1) is 14.6. The van der Waals surface area contributed by atoms with Gasteiger partial charge in [-0.15, -0.1) is 0 Å². The summed E-state index contributed by atoms with van der Waals surface area (Å²) in [7, 11) is 0. The SMILES string of the molecule is OCc1cn(Cc2ccc(F)cc2)c(SC2CCCC2)n1. The molecule has 2 aromatic rings. The van der Waals surface area contributed by atoms with Crippen LogP contribution < -0.4 is 0 Å². The van der Waals surface area contributed by atoms with Crippen molar-refractivity contribution in [2.75, 3.05) is 0 Å². The van der Waals surface area contributed by atoms with Crippen LogP contribution in [-0.4, -0.2) is 19.9 Å². The van der Waals surface area contributed by atoms with Crippen LogP contribution in [0.25, 0.3) is 0 Å². The van der Waals surface area contributed by atoms with Crippen LogP contribution in [0.3, 0.4) is 0 Å². The van der Waals surface area contributed by atoms with Crippen molar-refractivity contribution in [2.24, 2.45) is 0 Å². The van der Waals surface area contributed by atoms with E-state index in [1.807, 2.05) is 6.20 Å². The van der Waals surface area contributed by atoms with E-state index in [0.717, 1.165) is 10.7 Å². The number of aliphatic hydroxyl groups excluding tert-OH is 1. The van der Waals surface area contributed by atoms with Crippen LogP contribution >= 0.6 is 11.8 Å². The van der Waals surface area contributed by atoms with E-state index in [-0.39, 0.29) is 12.4 Å². The highest BCUT2D eigenvalue weighted by Crippen LogP contribution is 2.34. The third-order valence-corrected chi connectivity index (χ3v) is 5.13. The smallest absolute Gasteiger partial charge is 0.168 e. The third kappa shape index (κ3) is 3.66. The second-order valence-corrected chi connectivity index (χ2v) is 6.72. The standard InChI is InChI=1S/C16H19FN2OS/c17-13-7-5-12(6-8-13)9-19-10-14(11-20)18-16(19)21-15-3-1-2-4-15/h5-8,10,15,20H,1-4,9,11H2. The Labute approximate surface area is 128 Å². The predicted molar refractivity (Wildman–Crippen MR) is 81.8 cm³/mol. The zero-order valence-electron chi connectivity index (χ0n) is 11.8. The zero-order valence-corrected chi connectivity index (χ0v) is 12.7. The average Bonchev–Trinajstić information content (AvgIpc) is 3.12. The Bertz CT molecular complexity index is 591. The molecule has 0 unspecified atom stereocenters. The second kappa shape index (κ2) is 6.62. The first-order valence-electron chi connectivity index (χ1n) is 7.32. The van der Waals surface area contributed by atoms with Crippen molar-refractivity contribution in [1.82, 2.24) is 9.55 Å². The minimum absolute atomic E-state index is 0.0470. The molecule has 1 saturated carbocycles. The largest absolute Gasteiger partial charge is 0.390 e. The molecule has 0 saturated heterocycles. The molecule has 0 amide bonds. The van der Waals surface area contributed by atoms with E-state index >= 15 is 0 Å². The van der Waals surface area contributed by atoms with Crippen molar-refractivity contribution < 1.29 is 9.50 Å². The number of thioether (sulfide) groups is 1. The topological polar surface area (TPSA) is 38.0 Å². The highest BCUT2D eigenvalue weighted by Gasteiger charge is 2.19. The van der Waals surface area contributed by atoms with Crippen LogP contribution in [0.1, 0.15) is 36.9 Å². The summed E-state index contributed by atoms with van der Waals surface area (Å²) < 4.78 is 15.0. The first-order chi connectivity index (χ1) is 10.2. The molecule has 1 aromatic carbocycles. The third-order valence-electron chi connectivity index (χ3n) is 3.79. The molecule has 0 aliphatic heterocycles. The van der Waals surface area contributed by atoms with Crippen molar-refractivity contribution in [1.29, 1.82) is 0 Å². The fourth-order valence-electron chi connectivity index (χ4n) is 2.68. The summed E-state index contributed by atoms with van der Waals surface area (Å²) in [6, 6.07) is 6.53. The van der Waals surface area contributed by atoms with E-state index in [4.69, 9.17) is 0 Å². The number of imidazole rings is 1. The predicted octanol–water partition coefficient (Wildman–Crippen LogP) is 3.60. The van der Waals surface area contributed by atoms with Crippen molar-refractivity contribution in [3.63, 3.8) is 0 Å². The van der Waals surface area contributed by atoms with Gasteiger partial charge in [0.25, 0.3) is 0 Å². The number of aromatic nitrogens is 2. The first-order valence-corrected chi connectivity index (χ1v) is 8.20. The van der Waals surface area contributed by atoms with Gasteiger partial charge in [0.2, 0.25) is 0 Å². The summed E-state index contributed by atoms with van der Waals surface area (Å²) in [4.78, 5) is 4.51. The maximum atomic E-state index is 13.0. The van der Waals surface area contributed by atoms with Crippen LogP contribution in [0.15, 0.2) is 35.6 Å². The molecule has 0 radical (unpaired) electrons. The molecule has 0 bridgehead atoms. The van der Waals surface area contributed by atoms with Gasteiger partial charge >= 0.3 is 0 Å². The Hall–Kier alpha value is -1.33. The number of hydrogen-bond acceptors (Lipinski definition) is 3. The molecule has 3 nitrogen and oxygen atoms in total. The normalized spacial score (nSPS) is 15.7. The Balaban J connectivity index is 1.78. The summed E-state index contributed by atoms with van der Waals surface area (Å²) >= 11 is 1.80. The lowest BCUT2D eigenvalue weighted by atomic mass is 10.2. The lowest BCUT2D eigenvalue weighted by Gasteiger charge is -2.11. The monoisotopic (exact) mass is 306 g/mol. The van der Waals surface area contributed by atoms with Gasteiger partial charge in [-0.2, -0.15) is 0 Å². The maximum Gasteiger partial charge on any atom is 0.168 e. The average molecular weight is 306 g/mol. The molecule has 1 aliphatic carbocycles. The van der Waals surface area contributed by atoms with Gasteiger partial charge in [-0.05, 0) is 30.5 Å². The summed E-state index contributed by atoms with van der Waals surface area (Å²) in [5, 5.41) is 10.9. The quantitative estimate of drug-likeness (QED) is 0.917. The van der Waals surface area contributed by atoms with Crippen molar-refractivity contribution in [3.8, 4) is 0 Å². The van der Waals surface area contributed by atoms with Gasteiger partial charge in [-0.1, -0.05) is 36.7 Å². The number of nitrogens with zero attached hydrogens (tertiary/aromatic N) is 2. The molecule has 1 aromatic heterocycles. The van der Waals surface area contributed by atoms with Gasteiger partial charge in [0.15, 0.2) is 5.16 Å². The van der Waals surface area contributed by atoms with Crippen LogP contribution in [0, 0.1) is 5.82 Å². The summed E-state index contributed by atoms with van der Waals surface area (Å²) in [5.74, 6) is -0.221. The van der Waals surface area contributed by atoms with Gasteiger partial charge in [-0.25, -0.2) is 9.37 Å². The van der Waals surface area contributed by atoms with Crippen LogP contribution in [0.5, 0.6) is 0 Å². The van der Waals surface area contributed by atoms with Crippen molar-refractivity contribution in [2.45, 2.75) is 49.2 Å². The van der Waals surface area contributed by atoms with Crippen molar-refractivity contribution >= 4 is 11.8 Å².